The molecule has 2 aliphatic carbocycles. The second-order valence-electron chi connectivity index (χ2n) is 13.5. The molecular formula is C34H27ClF6N8O4S2. The molecule has 4 aromatic heterocycles. The molecule has 2 aromatic carbocycles. The Labute approximate surface area is 316 Å². The first-order chi connectivity index (χ1) is 25.9. The van der Waals surface area contributed by atoms with Crippen LogP contribution in [-0.4, -0.2) is 55.2 Å². The van der Waals surface area contributed by atoms with Crippen LogP contribution in [0.3, 0.4) is 0 Å². The van der Waals surface area contributed by atoms with Crippen molar-refractivity contribution in [1.29, 1.82) is 0 Å². The van der Waals surface area contributed by atoms with Gasteiger partial charge in [-0.1, -0.05) is 29.0 Å². The maximum Gasteiger partial charge on any atom is 0.293 e. The fraction of sp³-hybridized carbons (Fsp3) is 0.324. The Morgan fingerprint density at radius 3 is 2.45 bits per heavy atom. The number of aromatic hydroxyl groups is 1. The third kappa shape index (κ3) is 6.42. The lowest BCUT2D eigenvalue weighted by atomic mass is 9.73. The number of thiazole rings is 1. The van der Waals surface area contributed by atoms with Gasteiger partial charge < -0.3 is 10.4 Å². The summed E-state index contributed by atoms with van der Waals surface area (Å²) in [4.78, 5) is 22.6. The number of aryl methyl sites for hydroxylation is 1. The fourth-order valence-corrected chi connectivity index (χ4v) is 9.11. The van der Waals surface area contributed by atoms with Crippen molar-refractivity contribution in [2.24, 2.45) is 13.0 Å². The SMILES string of the molecule is Cn1nc(NS(C)(=O)=O)c2c(Cl)ccc(-c3cc4sc(O)nc4nc3[C@H](Cc3cc(F)cc(F)c3)NC(=O)Cn3nc(C(F)F)c4c3C(F)(F)[C@@H]3CC[C@H]43)c21. The maximum atomic E-state index is 15.6. The van der Waals surface area contributed by atoms with Crippen molar-refractivity contribution in [2.45, 2.75) is 50.1 Å². The molecule has 1 saturated carbocycles. The molecule has 0 radical (unpaired) electrons. The molecule has 0 bridgehead atoms. The minimum Gasteiger partial charge on any atom is -0.486 e. The van der Waals surface area contributed by atoms with Gasteiger partial charge in [0, 0.05) is 35.7 Å². The average Bonchev–Trinajstić information content (AvgIpc) is 3.73. The van der Waals surface area contributed by atoms with Crippen LogP contribution in [0.5, 0.6) is 5.19 Å². The second kappa shape index (κ2) is 13.1. The number of sulfonamides is 1. The number of anilines is 1. The van der Waals surface area contributed by atoms with Crippen molar-refractivity contribution in [1.82, 2.24) is 34.8 Å². The van der Waals surface area contributed by atoms with E-state index in [9.17, 15) is 35.9 Å². The topological polar surface area (TPSA) is 157 Å². The molecule has 21 heteroatoms. The highest BCUT2D eigenvalue weighted by Gasteiger charge is 2.62. The number of aromatic nitrogens is 6. The van der Waals surface area contributed by atoms with E-state index in [0.717, 1.165) is 29.7 Å². The van der Waals surface area contributed by atoms with Gasteiger partial charge in [-0.2, -0.15) is 24.0 Å². The third-order valence-electron chi connectivity index (χ3n) is 9.88. The lowest BCUT2D eigenvalue weighted by Gasteiger charge is -2.34. The quantitative estimate of drug-likeness (QED) is 0.124. The van der Waals surface area contributed by atoms with Crippen molar-refractivity contribution >= 4 is 65.9 Å². The highest BCUT2D eigenvalue weighted by atomic mass is 35.5. The summed E-state index contributed by atoms with van der Waals surface area (Å²) in [6.45, 7) is -0.916. The molecule has 12 nitrogen and oxygen atoms in total. The maximum absolute atomic E-state index is 15.6. The van der Waals surface area contributed by atoms with E-state index in [1.54, 1.807) is 12.1 Å². The monoisotopic (exact) mass is 824 g/mol. The molecule has 1 fully saturated rings. The standard InChI is InChI=1S/C34H27ClF6N8O4S2/c1-48-28-16(4-6-20(35)25(28)32(46-48)47-55(2,52)53)18-11-22-31(44-33(51)54-22)43-26(18)21(9-13-7-14(36)10-15(37)8-13)42-23(50)12-49-29-24(27(45-49)30(38)39)17-3-5-19(17)34(29,40)41/h4,6-8,10-11,17,19,21,30H,3,5,9,12H2,1-2H3,(H,42,50)(H,46,47)(H,43,44,51)/t17-,19+,21-/m0/s1. The van der Waals surface area contributed by atoms with Crippen molar-refractivity contribution in [3.63, 3.8) is 0 Å². The Morgan fingerprint density at radius 1 is 1.07 bits per heavy atom. The minimum absolute atomic E-state index is 0.0144. The summed E-state index contributed by atoms with van der Waals surface area (Å²) in [7, 11) is -2.31. The van der Waals surface area contributed by atoms with Crippen LogP contribution in [0.25, 0.3) is 32.4 Å². The van der Waals surface area contributed by atoms with Gasteiger partial charge in [-0.15, -0.1) is 0 Å². The fourth-order valence-electron chi connectivity index (χ4n) is 7.69. The van der Waals surface area contributed by atoms with Crippen LogP contribution in [0.1, 0.15) is 59.4 Å². The number of hydrogen-bond donors (Lipinski definition) is 3. The van der Waals surface area contributed by atoms with E-state index in [2.05, 4.69) is 30.2 Å². The van der Waals surface area contributed by atoms with Gasteiger partial charge in [0.25, 0.3) is 17.5 Å². The summed E-state index contributed by atoms with van der Waals surface area (Å²) in [5.41, 5.74) is -0.862. The zero-order chi connectivity index (χ0) is 39.3. The third-order valence-corrected chi connectivity index (χ3v) is 11.6. The average molecular weight is 825 g/mol. The molecule has 0 aliphatic heterocycles. The molecule has 3 N–H and O–H groups in total. The molecule has 0 unspecified atom stereocenters. The first-order valence-corrected chi connectivity index (χ1v) is 19.6. The summed E-state index contributed by atoms with van der Waals surface area (Å²) in [5, 5.41) is 21.0. The van der Waals surface area contributed by atoms with E-state index in [1.807, 2.05) is 0 Å². The summed E-state index contributed by atoms with van der Waals surface area (Å²) < 4.78 is 117. The van der Waals surface area contributed by atoms with E-state index in [0.29, 0.717) is 26.5 Å². The predicted molar refractivity (Wildman–Crippen MR) is 190 cm³/mol. The Balaban J connectivity index is 1.28. The number of halogens is 7. The number of amides is 1. The van der Waals surface area contributed by atoms with Crippen molar-refractivity contribution in [2.75, 3.05) is 11.0 Å². The van der Waals surface area contributed by atoms with Gasteiger partial charge >= 0.3 is 0 Å². The number of pyridine rings is 1. The van der Waals surface area contributed by atoms with E-state index in [-0.39, 0.29) is 68.7 Å². The Bertz CT molecular complexity index is 2660. The summed E-state index contributed by atoms with van der Waals surface area (Å²) in [6.07, 6.45) is -2.19. The summed E-state index contributed by atoms with van der Waals surface area (Å²) in [5.74, 6) is -8.46. The second-order valence-corrected chi connectivity index (χ2v) is 16.7. The highest BCUT2D eigenvalue weighted by Crippen LogP contribution is 2.63. The molecule has 0 saturated heterocycles. The summed E-state index contributed by atoms with van der Waals surface area (Å²) >= 11 is 7.43. The first-order valence-electron chi connectivity index (χ1n) is 16.5. The molecule has 2 aliphatic rings. The van der Waals surface area contributed by atoms with Crippen molar-refractivity contribution in [3.05, 3.63) is 81.3 Å². The van der Waals surface area contributed by atoms with Gasteiger partial charge in [0.15, 0.2) is 11.5 Å². The zero-order valence-electron chi connectivity index (χ0n) is 28.4. The normalized spacial score (nSPS) is 18.1. The number of carbonyl (C=O) groups excluding carboxylic acids is 1. The molecule has 55 heavy (non-hydrogen) atoms. The Morgan fingerprint density at radius 2 is 1.80 bits per heavy atom. The lowest BCUT2D eigenvalue weighted by molar-refractivity contribution is -0.123. The van der Waals surface area contributed by atoms with Gasteiger partial charge in [-0.05, 0) is 55.0 Å². The van der Waals surface area contributed by atoms with Crippen LogP contribution in [0.2, 0.25) is 5.02 Å². The molecule has 6 aromatic rings. The van der Waals surface area contributed by atoms with E-state index in [4.69, 9.17) is 11.6 Å². The Kier molecular flexibility index (Phi) is 8.80. The number of rotatable bonds is 10. The zero-order valence-corrected chi connectivity index (χ0v) is 30.8. The Hall–Kier alpha value is -4.95. The lowest BCUT2D eigenvalue weighted by Crippen LogP contribution is -2.36. The largest absolute Gasteiger partial charge is 0.486 e. The number of nitrogens with zero attached hydrogens (tertiary/aromatic N) is 6. The first kappa shape index (κ1) is 37.0. The molecular weight excluding hydrogens is 798 g/mol. The summed E-state index contributed by atoms with van der Waals surface area (Å²) in [6, 6.07) is 5.97. The van der Waals surface area contributed by atoms with Crippen molar-refractivity contribution in [3.8, 4) is 16.3 Å². The minimum atomic E-state index is -3.83. The number of hydrogen-bond acceptors (Lipinski definition) is 9. The molecule has 1 amide bonds. The van der Waals surface area contributed by atoms with Crippen LogP contribution in [0, 0.1) is 17.6 Å². The van der Waals surface area contributed by atoms with Gasteiger partial charge in [-0.3, -0.25) is 18.9 Å². The van der Waals surface area contributed by atoms with Crippen LogP contribution in [-0.2, 0) is 40.8 Å². The number of nitrogens with one attached hydrogen (secondary N) is 2. The van der Waals surface area contributed by atoms with Gasteiger partial charge in [0.1, 0.15) is 29.6 Å². The number of fused-ring (bicyclic) bond motifs is 5. The molecule has 3 atom stereocenters. The number of alkyl halides is 4. The van der Waals surface area contributed by atoms with E-state index in [1.165, 1.54) is 17.8 Å². The van der Waals surface area contributed by atoms with E-state index >= 15 is 8.78 Å². The number of benzene rings is 2. The van der Waals surface area contributed by atoms with Crippen LogP contribution < -0.4 is 10.0 Å². The smallest absolute Gasteiger partial charge is 0.293 e. The van der Waals surface area contributed by atoms with Crippen LogP contribution >= 0.6 is 22.9 Å². The van der Waals surface area contributed by atoms with Gasteiger partial charge in [0.05, 0.1) is 38.6 Å². The van der Waals surface area contributed by atoms with Gasteiger partial charge in [-0.25, -0.2) is 31.0 Å². The highest BCUT2D eigenvalue weighted by molar-refractivity contribution is 7.92. The molecule has 4 heterocycles. The van der Waals surface area contributed by atoms with Crippen LogP contribution in [0.4, 0.5) is 32.2 Å². The number of carbonyl (C=O) groups is 1. The van der Waals surface area contributed by atoms with Crippen molar-refractivity contribution < 1.29 is 44.7 Å². The van der Waals surface area contributed by atoms with Crippen LogP contribution in [0.15, 0.2) is 36.4 Å². The molecule has 288 valence electrons. The molecule has 8 rings (SSSR count). The molecule has 0 spiro atoms. The predicted octanol–water partition coefficient (Wildman–Crippen LogP) is 7.09. The van der Waals surface area contributed by atoms with E-state index < -0.39 is 75.7 Å². The van der Waals surface area contributed by atoms with Gasteiger partial charge in [0.2, 0.25) is 15.9 Å².